The van der Waals surface area contributed by atoms with Crippen molar-refractivity contribution in [2.75, 3.05) is 4.72 Å². The number of rotatable bonds is 4. The molecule has 0 bridgehead atoms. The van der Waals surface area contributed by atoms with Crippen LogP contribution >= 0.6 is 22.9 Å². The number of benzene rings is 1. The molecule has 112 valence electrons. The quantitative estimate of drug-likeness (QED) is 0.888. The number of carboxylic acids is 1. The third kappa shape index (κ3) is 3.20. The Morgan fingerprint density at radius 2 is 1.95 bits per heavy atom. The van der Waals surface area contributed by atoms with E-state index in [0.29, 0.717) is 16.1 Å². The number of carboxylic acid groups (broad SMARTS) is 1. The normalized spacial score (nSPS) is 11.4. The molecule has 2 rings (SSSR count). The lowest BCUT2D eigenvalue weighted by molar-refractivity contribution is 0.0703. The van der Waals surface area contributed by atoms with Crippen LogP contribution in [0.4, 0.5) is 5.69 Å². The van der Waals surface area contributed by atoms with Gasteiger partial charge in [-0.2, -0.15) is 0 Å². The summed E-state index contributed by atoms with van der Waals surface area (Å²) in [7, 11) is -3.87. The number of sulfonamides is 1. The minimum absolute atomic E-state index is 0.0538. The summed E-state index contributed by atoms with van der Waals surface area (Å²) in [6, 6.07) is 4.45. The molecule has 1 aromatic carbocycles. The third-order valence-corrected chi connectivity index (χ3v) is 5.67. The number of aryl methyl sites for hydroxylation is 2. The van der Waals surface area contributed by atoms with Crippen molar-refractivity contribution in [2.45, 2.75) is 18.7 Å². The number of hydrogen-bond acceptors (Lipinski definition) is 4. The predicted molar refractivity (Wildman–Crippen MR) is 83.0 cm³/mol. The third-order valence-electron chi connectivity index (χ3n) is 2.85. The van der Waals surface area contributed by atoms with Gasteiger partial charge in [-0.15, -0.1) is 11.3 Å². The number of thiophene rings is 1. The zero-order valence-electron chi connectivity index (χ0n) is 11.2. The first kappa shape index (κ1) is 15.8. The first-order valence-corrected chi connectivity index (χ1v) is 8.57. The van der Waals surface area contributed by atoms with Gasteiger partial charge >= 0.3 is 5.97 Å². The molecule has 2 aromatic rings. The maximum absolute atomic E-state index is 12.4. The summed E-state index contributed by atoms with van der Waals surface area (Å²) in [4.78, 5) is 11.1. The van der Waals surface area contributed by atoms with Gasteiger partial charge in [0.15, 0.2) is 0 Å². The zero-order valence-corrected chi connectivity index (χ0v) is 13.6. The molecule has 0 saturated carbocycles. The lowest BCUT2D eigenvalue weighted by Crippen LogP contribution is -2.15. The van der Waals surface area contributed by atoms with Crippen LogP contribution in [-0.4, -0.2) is 19.5 Å². The van der Waals surface area contributed by atoms with E-state index in [4.69, 9.17) is 16.7 Å². The van der Waals surface area contributed by atoms with E-state index in [9.17, 15) is 13.2 Å². The standard InChI is InChI=1S/C13H12ClNO4S2/c1-7-6-11(8(2)5-9(7)14)21(18,19)15-10-3-4-20-12(10)13(16)17/h3-6,15H,1-2H3,(H,16,17). The molecule has 0 fully saturated rings. The number of anilines is 1. The van der Waals surface area contributed by atoms with Crippen LogP contribution in [0.1, 0.15) is 20.8 Å². The Hall–Kier alpha value is -1.57. The van der Waals surface area contributed by atoms with Crippen LogP contribution in [0.5, 0.6) is 0 Å². The molecule has 8 heteroatoms. The minimum atomic E-state index is -3.87. The summed E-state index contributed by atoms with van der Waals surface area (Å²) < 4.78 is 27.1. The Morgan fingerprint density at radius 1 is 1.29 bits per heavy atom. The van der Waals surface area contributed by atoms with E-state index in [0.717, 1.165) is 11.3 Å². The summed E-state index contributed by atoms with van der Waals surface area (Å²) in [6.07, 6.45) is 0. The van der Waals surface area contributed by atoms with Gasteiger partial charge in [0.25, 0.3) is 10.0 Å². The summed E-state index contributed by atoms with van der Waals surface area (Å²) in [5, 5.41) is 11.0. The number of halogens is 1. The van der Waals surface area contributed by atoms with Crippen molar-refractivity contribution in [3.05, 3.63) is 44.6 Å². The Labute approximate surface area is 131 Å². The fraction of sp³-hybridized carbons (Fsp3) is 0.154. The van der Waals surface area contributed by atoms with Crippen molar-refractivity contribution in [3.8, 4) is 0 Å². The average molecular weight is 346 g/mol. The molecule has 0 spiro atoms. The van der Waals surface area contributed by atoms with Crippen molar-refractivity contribution in [3.63, 3.8) is 0 Å². The van der Waals surface area contributed by atoms with Gasteiger partial charge in [-0.05, 0) is 48.6 Å². The molecule has 0 saturated heterocycles. The second kappa shape index (κ2) is 5.67. The second-order valence-corrected chi connectivity index (χ2v) is 7.42. The van der Waals surface area contributed by atoms with Crippen molar-refractivity contribution in [1.29, 1.82) is 0 Å². The van der Waals surface area contributed by atoms with E-state index in [1.807, 2.05) is 0 Å². The Kier molecular flexibility index (Phi) is 4.27. The summed E-state index contributed by atoms with van der Waals surface area (Å²) in [5.74, 6) is -1.17. The molecule has 1 heterocycles. The fourth-order valence-corrected chi connectivity index (χ4v) is 4.15. The van der Waals surface area contributed by atoms with Gasteiger partial charge in [0.1, 0.15) is 4.88 Å². The van der Waals surface area contributed by atoms with E-state index in [1.54, 1.807) is 19.9 Å². The maximum atomic E-state index is 12.4. The van der Waals surface area contributed by atoms with E-state index in [2.05, 4.69) is 4.72 Å². The van der Waals surface area contributed by atoms with Crippen LogP contribution in [0, 0.1) is 13.8 Å². The highest BCUT2D eigenvalue weighted by Crippen LogP contribution is 2.28. The highest BCUT2D eigenvalue weighted by molar-refractivity contribution is 7.92. The molecule has 0 amide bonds. The maximum Gasteiger partial charge on any atom is 0.348 e. The van der Waals surface area contributed by atoms with Gasteiger partial charge in [-0.1, -0.05) is 11.6 Å². The lowest BCUT2D eigenvalue weighted by atomic mass is 10.2. The zero-order chi connectivity index (χ0) is 15.8. The first-order chi connectivity index (χ1) is 9.72. The number of hydrogen-bond donors (Lipinski definition) is 2. The number of nitrogens with one attached hydrogen (secondary N) is 1. The Bertz CT molecular complexity index is 812. The molecule has 0 aliphatic carbocycles. The van der Waals surface area contributed by atoms with Crippen molar-refractivity contribution in [1.82, 2.24) is 0 Å². The molecule has 0 atom stereocenters. The summed E-state index contributed by atoms with van der Waals surface area (Å²) in [5.41, 5.74) is 1.18. The van der Waals surface area contributed by atoms with Crippen LogP contribution < -0.4 is 4.72 Å². The van der Waals surface area contributed by atoms with Gasteiger partial charge in [0.2, 0.25) is 0 Å². The van der Waals surface area contributed by atoms with Gasteiger partial charge in [-0.3, -0.25) is 4.72 Å². The van der Waals surface area contributed by atoms with Crippen molar-refractivity contribution >= 4 is 44.6 Å². The van der Waals surface area contributed by atoms with E-state index >= 15 is 0 Å². The molecule has 0 aliphatic rings. The molecule has 0 radical (unpaired) electrons. The van der Waals surface area contributed by atoms with Crippen LogP contribution in [0.15, 0.2) is 28.5 Å². The van der Waals surface area contributed by atoms with Crippen LogP contribution in [0.2, 0.25) is 5.02 Å². The molecule has 21 heavy (non-hydrogen) atoms. The topological polar surface area (TPSA) is 83.5 Å². The van der Waals surface area contributed by atoms with Gasteiger partial charge in [0.05, 0.1) is 10.6 Å². The van der Waals surface area contributed by atoms with Gasteiger partial charge in [0, 0.05) is 5.02 Å². The molecule has 2 N–H and O–H groups in total. The van der Waals surface area contributed by atoms with E-state index < -0.39 is 16.0 Å². The molecular weight excluding hydrogens is 334 g/mol. The molecule has 1 aromatic heterocycles. The molecule has 0 aliphatic heterocycles. The van der Waals surface area contributed by atoms with Crippen LogP contribution in [0.25, 0.3) is 0 Å². The molecule has 0 unspecified atom stereocenters. The molecule has 5 nitrogen and oxygen atoms in total. The first-order valence-electron chi connectivity index (χ1n) is 5.82. The van der Waals surface area contributed by atoms with Gasteiger partial charge in [-0.25, -0.2) is 13.2 Å². The van der Waals surface area contributed by atoms with Gasteiger partial charge < -0.3 is 5.11 Å². The SMILES string of the molecule is Cc1cc(S(=O)(=O)Nc2ccsc2C(=O)O)c(C)cc1Cl. The Morgan fingerprint density at radius 3 is 2.57 bits per heavy atom. The Balaban J connectivity index is 2.46. The van der Waals surface area contributed by atoms with E-state index in [1.165, 1.54) is 17.5 Å². The minimum Gasteiger partial charge on any atom is -0.477 e. The monoisotopic (exact) mass is 345 g/mol. The molecular formula is C13H12ClNO4S2. The number of carbonyl (C=O) groups is 1. The average Bonchev–Trinajstić information content (AvgIpc) is 2.81. The fourth-order valence-electron chi connectivity index (χ4n) is 1.80. The second-order valence-electron chi connectivity index (χ2n) is 4.44. The predicted octanol–water partition coefficient (Wildman–Crippen LogP) is 3.52. The van der Waals surface area contributed by atoms with Crippen molar-refractivity contribution in [2.24, 2.45) is 0 Å². The van der Waals surface area contributed by atoms with E-state index in [-0.39, 0.29) is 15.5 Å². The van der Waals surface area contributed by atoms with Crippen LogP contribution in [-0.2, 0) is 10.0 Å². The summed E-state index contributed by atoms with van der Waals surface area (Å²) in [6.45, 7) is 3.33. The highest BCUT2D eigenvalue weighted by atomic mass is 35.5. The largest absolute Gasteiger partial charge is 0.477 e. The number of aromatic carboxylic acids is 1. The van der Waals surface area contributed by atoms with Crippen LogP contribution in [0.3, 0.4) is 0 Å². The smallest absolute Gasteiger partial charge is 0.348 e. The summed E-state index contributed by atoms with van der Waals surface area (Å²) >= 11 is 6.91. The lowest BCUT2D eigenvalue weighted by Gasteiger charge is -2.11. The highest BCUT2D eigenvalue weighted by Gasteiger charge is 2.22. The van der Waals surface area contributed by atoms with Crippen molar-refractivity contribution < 1.29 is 18.3 Å².